The van der Waals surface area contributed by atoms with Crippen LogP contribution >= 0.6 is 11.6 Å². The van der Waals surface area contributed by atoms with E-state index in [2.05, 4.69) is 4.57 Å². The summed E-state index contributed by atoms with van der Waals surface area (Å²) in [6, 6.07) is 15.2. The van der Waals surface area contributed by atoms with Crippen molar-refractivity contribution in [3.05, 3.63) is 70.4 Å². The van der Waals surface area contributed by atoms with E-state index in [9.17, 15) is 4.79 Å². The van der Waals surface area contributed by atoms with Crippen LogP contribution in [0.15, 0.2) is 48.5 Å². The van der Waals surface area contributed by atoms with Crippen LogP contribution in [-0.4, -0.2) is 24.7 Å². The van der Waals surface area contributed by atoms with Crippen LogP contribution in [0.5, 0.6) is 11.5 Å². The fraction of sp³-hybridized carbons (Fsp3) is 0.227. The van der Waals surface area contributed by atoms with Gasteiger partial charge in [0.2, 0.25) is 0 Å². The minimum Gasteiger partial charge on any atom is -0.497 e. The lowest BCUT2D eigenvalue weighted by Crippen LogP contribution is -2.13. The number of benzene rings is 2. The molecule has 0 aliphatic rings. The molecule has 146 valence electrons. The fourth-order valence-electron chi connectivity index (χ4n) is 3.31. The highest BCUT2D eigenvalue weighted by atomic mass is 35.5. The number of amides is 1. The van der Waals surface area contributed by atoms with Gasteiger partial charge in [0.25, 0.3) is 5.91 Å². The van der Waals surface area contributed by atoms with Crippen molar-refractivity contribution in [1.29, 1.82) is 0 Å². The molecule has 0 spiro atoms. The van der Waals surface area contributed by atoms with E-state index in [4.69, 9.17) is 26.8 Å². The smallest absolute Gasteiger partial charge is 0.250 e. The average Bonchev–Trinajstić information content (AvgIpc) is 3.03. The van der Waals surface area contributed by atoms with Crippen LogP contribution in [0, 0.1) is 6.92 Å². The number of methoxy groups -OCH3 is 2. The number of halogens is 1. The Morgan fingerprint density at radius 1 is 1.07 bits per heavy atom. The number of carbonyl (C=O) groups is 1. The number of primary amides is 1. The predicted octanol–water partition coefficient (Wildman–Crippen LogP) is 4.48. The van der Waals surface area contributed by atoms with Gasteiger partial charge in [0, 0.05) is 22.8 Å². The summed E-state index contributed by atoms with van der Waals surface area (Å²) in [7, 11) is 3.24. The first-order valence-corrected chi connectivity index (χ1v) is 9.29. The zero-order valence-electron chi connectivity index (χ0n) is 16.2. The standard InChI is InChI=1S/C22H23ClN2O3/c1-14-18(22(24)26)13-20(19-12-17(27-2)8-9-21(19)28-3)25(14)11-10-15-4-6-16(23)7-5-15/h4-9,12-13H,10-11H2,1-3H3,(H2,24,26). The zero-order valence-corrected chi connectivity index (χ0v) is 16.9. The van der Waals surface area contributed by atoms with Gasteiger partial charge in [-0.3, -0.25) is 4.79 Å². The monoisotopic (exact) mass is 398 g/mol. The van der Waals surface area contributed by atoms with Crippen molar-refractivity contribution in [2.24, 2.45) is 5.73 Å². The molecule has 0 aliphatic carbocycles. The number of nitrogens with zero attached hydrogens (tertiary/aromatic N) is 1. The van der Waals surface area contributed by atoms with Gasteiger partial charge in [-0.25, -0.2) is 0 Å². The van der Waals surface area contributed by atoms with Gasteiger partial charge in [0.1, 0.15) is 11.5 Å². The summed E-state index contributed by atoms with van der Waals surface area (Å²) >= 11 is 5.98. The normalized spacial score (nSPS) is 10.7. The van der Waals surface area contributed by atoms with Crippen molar-refractivity contribution in [3.63, 3.8) is 0 Å². The number of ether oxygens (including phenoxy) is 2. The molecule has 0 saturated heterocycles. The molecule has 6 heteroatoms. The molecule has 1 amide bonds. The molecule has 5 nitrogen and oxygen atoms in total. The quantitative estimate of drug-likeness (QED) is 0.638. The number of hydrogen-bond donors (Lipinski definition) is 1. The molecule has 0 atom stereocenters. The molecule has 0 saturated carbocycles. The molecule has 3 rings (SSSR count). The first-order chi connectivity index (χ1) is 13.4. The Morgan fingerprint density at radius 3 is 2.39 bits per heavy atom. The molecule has 3 aromatic rings. The molecule has 0 unspecified atom stereocenters. The summed E-state index contributed by atoms with van der Waals surface area (Å²) in [6.45, 7) is 2.58. The predicted molar refractivity (Wildman–Crippen MR) is 111 cm³/mol. The molecule has 0 radical (unpaired) electrons. The molecule has 2 N–H and O–H groups in total. The third kappa shape index (κ3) is 3.99. The Labute approximate surface area is 169 Å². The fourth-order valence-corrected chi connectivity index (χ4v) is 3.44. The van der Waals surface area contributed by atoms with Crippen LogP contribution in [0.2, 0.25) is 5.02 Å². The van der Waals surface area contributed by atoms with Crippen LogP contribution in [0.1, 0.15) is 21.6 Å². The lowest BCUT2D eigenvalue weighted by molar-refractivity contribution is 0.0999. The zero-order chi connectivity index (χ0) is 20.3. The summed E-state index contributed by atoms with van der Waals surface area (Å²) in [5.41, 5.74) is 9.77. The molecule has 28 heavy (non-hydrogen) atoms. The average molecular weight is 399 g/mol. The highest BCUT2D eigenvalue weighted by molar-refractivity contribution is 6.30. The summed E-state index contributed by atoms with van der Waals surface area (Å²) in [6.07, 6.45) is 0.782. The van der Waals surface area contributed by atoms with Gasteiger partial charge in [-0.15, -0.1) is 0 Å². The second-order valence-corrected chi connectivity index (χ2v) is 6.92. The second-order valence-electron chi connectivity index (χ2n) is 6.49. The summed E-state index contributed by atoms with van der Waals surface area (Å²) in [5.74, 6) is 0.951. The van der Waals surface area contributed by atoms with Crippen LogP contribution in [0.4, 0.5) is 0 Å². The number of nitrogens with two attached hydrogens (primary N) is 1. The van der Waals surface area contributed by atoms with E-state index < -0.39 is 5.91 Å². The van der Waals surface area contributed by atoms with E-state index in [1.807, 2.05) is 55.5 Å². The molecule has 1 aromatic heterocycles. The van der Waals surface area contributed by atoms with Crippen LogP contribution < -0.4 is 15.2 Å². The van der Waals surface area contributed by atoms with Crippen molar-refractivity contribution in [3.8, 4) is 22.8 Å². The number of aromatic nitrogens is 1. The second kappa shape index (κ2) is 8.40. The highest BCUT2D eigenvalue weighted by Gasteiger charge is 2.19. The molecule has 1 heterocycles. The van der Waals surface area contributed by atoms with Crippen LogP contribution in [0.3, 0.4) is 0 Å². The molecule has 0 fully saturated rings. The number of hydrogen-bond acceptors (Lipinski definition) is 3. The van der Waals surface area contributed by atoms with E-state index in [0.717, 1.165) is 28.9 Å². The van der Waals surface area contributed by atoms with E-state index >= 15 is 0 Å². The van der Waals surface area contributed by atoms with Gasteiger partial charge >= 0.3 is 0 Å². The topological polar surface area (TPSA) is 66.5 Å². The third-order valence-electron chi connectivity index (χ3n) is 4.85. The number of rotatable bonds is 7. The summed E-state index contributed by atoms with van der Waals surface area (Å²) in [5, 5.41) is 0.707. The Balaban J connectivity index is 2.07. The van der Waals surface area contributed by atoms with Crippen molar-refractivity contribution in [2.45, 2.75) is 19.9 Å². The first-order valence-electron chi connectivity index (χ1n) is 8.91. The van der Waals surface area contributed by atoms with Crippen LogP contribution in [-0.2, 0) is 13.0 Å². The first kappa shape index (κ1) is 19.8. The molecular weight excluding hydrogens is 376 g/mol. The minimum atomic E-state index is -0.453. The largest absolute Gasteiger partial charge is 0.497 e. The number of carbonyl (C=O) groups excluding carboxylic acids is 1. The lowest BCUT2D eigenvalue weighted by Gasteiger charge is -2.15. The van der Waals surface area contributed by atoms with Gasteiger partial charge in [0.05, 0.1) is 25.5 Å². The minimum absolute atomic E-state index is 0.453. The lowest BCUT2D eigenvalue weighted by atomic mass is 10.1. The Hall–Kier alpha value is -2.92. The molecular formula is C22H23ClN2O3. The summed E-state index contributed by atoms with van der Waals surface area (Å²) in [4.78, 5) is 11.9. The molecule has 0 aliphatic heterocycles. The van der Waals surface area contributed by atoms with Gasteiger partial charge in [-0.2, -0.15) is 0 Å². The molecule has 2 aromatic carbocycles. The van der Waals surface area contributed by atoms with Crippen molar-refractivity contribution < 1.29 is 14.3 Å². The maximum absolute atomic E-state index is 11.9. The van der Waals surface area contributed by atoms with E-state index in [-0.39, 0.29) is 0 Å². The Kier molecular flexibility index (Phi) is 5.95. The maximum Gasteiger partial charge on any atom is 0.250 e. The number of aryl methyl sites for hydroxylation is 1. The highest BCUT2D eigenvalue weighted by Crippen LogP contribution is 2.36. The van der Waals surface area contributed by atoms with Crippen LogP contribution in [0.25, 0.3) is 11.3 Å². The van der Waals surface area contributed by atoms with Gasteiger partial charge in [-0.1, -0.05) is 23.7 Å². The third-order valence-corrected chi connectivity index (χ3v) is 5.10. The maximum atomic E-state index is 11.9. The van der Waals surface area contributed by atoms with E-state index in [0.29, 0.717) is 28.6 Å². The van der Waals surface area contributed by atoms with Crippen molar-refractivity contribution >= 4 is 17.5 Å². The van der Waals surface area contributed by atoms with E-state index in [1.54, 1.807) is 14.2 Å². The Morgan fingerprint density at radius 2 is 1.79 bits per heavy atom. The van der Waals surface area contributed by atoms with E-state index in [1.165, 1.54) is 0 Å². The van der Waals surface area contributed by atoms with Gasteiger partial charge in [-0.05, 0) is 55.3 Å². The molecule has 0 bridgehead atoms. The SMILES string of the molecule is COc1ccc(OC)c(-c2cc(C(N)=O)c(C)n2CCc2ccc(Cl)cc2)c1. The van der Waals surface area contributed by atoms with Crippen molar-refractivity contribution in [2.75, 3.05) is 14.2 Å². The van der Waals surface area contributed by atoms with Gasteiger partial charge < -0.3 is 19.8 Å². The summed E-state index contributed by atoms with van der Waals surface area (Å²) < 4.78 is 13.0. The van der Waals surface area contributed by atoms with Gasteiger partial charge in [0.15, 0.2) is 0 Å². The van der Waals surface area contributed by atoms with Crippen molar-refractivity contribution in [1.82, 2.24) is 4.57 Å². The Bertz CT molecular complexity index is 994.